The zero-order chi connectivity index (χ0) is 24.9. The number of anilines is 1. The molecule has 0 atom stereocenters. The third kappa shape index (κ3) is 5.58. The Morgan fingerprint density at radius 3 is 2.50 bits per heavy atom. The molecule has 2 aromatic carbocycles. The highest BCUT2D eigenvalue weighted by molar-refractivity contribution is 7.92. The van der Waals surface area contributed by atoms with Crippen molar-refractivity contribution in [1.82, 2.24) is 5.43 Å². The number of nitro benzene ring substituents is 1. The van der Waals surface area contributed by atoms with Gasteiger partial charge in [0, 0.05) is 16.5 Å². The average Bonchev–Trinajstić information content (AvgIpc) is 3.36. The Kier molecular flexibility index (Phi) is 7.64. The van der Waals surface area contributed by atoms with Crippen molar-refractivity contribution in [3.05, 3.63) is 80.5 Å². The van der Waals surface area contributed by atoms with Gasteiger partial charge >= 0.3 is 0 Å². The maximum Gasteiger partial charge on any atom is 0.273 e. The van der Waals surface area contributed by atoms with Crippen LogP contribution in [0.2, 0.25) is 0 Å². The molecule has 0 aliphatic heterocycles. The second-order valence-electron chi connectivity index (χ2n) is 7.12. The Bertz CT molecular complexity index is 1320. The first-order valence-electron chi connectivity index (χ1n) is 9.92. The molecule has 0 saturated heterocycles. The van der Waals surface area contributed by atoms with Gasteiger partial charge in [0.25, 0.3) is 21.6 Å². The second kappa shape index (κ2) is 10.4. The van der Waals surface area contributed by atoms with Crippen LogP contribution in [0.15, 0.2) is 70.0 Å². The molecular formula is C22H22N4O6S2. The molecule has 1 heterocycles. The topological polar surface area (TPSA) is 131 Å². The number of nitrogens with zero attached hydrogens (tertiary/aromatic N) is 3. The molecule has 10 nitrogen and oxygen atoms in total. The second-order valence-corrected chi connectivity index (χ2v) is 9.93. The van der Waals surface area contributed by atoms with E-state index in [1.54, 1.807) is 19.1 Å². The number of rotatable bonds is 9. The molecule has 34 heavy (non-hydrogen) atoms. The van der Waals surface area contributed by atoms with Crippen LogP contribution in [0.1, 0.15) is 17.4 Å². The molecule has 0 spiro atoms. The summed E-state index contributed by atoms with van der Waals surface area (Å²) >= 11 is 1.45. The van der Waals surface area contributed by atoms with E-state index in [1.165, 1.54) is 49.6 Å². The number of methoxy groups -OCH3 is 1. The number of nitro groups is 1. The van der Waals surface area contributed by atoms with Crippen molar-refractivity contribution < 1.29 is 22.9 Å². The largest absolute Gasteiger partial charge is 0.497 e. The Labute approximate surface area is 200 Å². The number of amides is 1. The molecule has 1 amide bonds. The number of thiophene rings is 1. The average molecular weight is 503 g/mol. The lowest BCUT2D eigenvalue weighted by Gasteiger charge is -2.24. The van der Waals surface area contributed by atoms with Crippen molar-refractivity contribution in [2.45, 2.75) is 18.7 Å². The molecule has 1 N–H and O–H groups in total. The lowest BCUT2D eigenvalue weighted by atomic mass is 10.2. The van der Waals surface area contributed by atoms with Gasteiger partial charge in [-0.15, -0.1) is 11.3 Å². The minimum atomic E-state index is -4.34. The molecule has 3 rings (SSSR count). The molecule has 3 aromatic rings. The van der Waals surface area contributed by atoms with E-state index < -0.39 is 27.4 Å². The molecular weight excluding hydrogens is 480 g/mol. The first-order chi connectivity index (χ1) is 16.1. The molecule has 0 fully saturated rings. The molecule has 12 heteroatoms. The van der Waals surface area contributed by atoms with Gasteiger partial charge in [-0.2, -0.15) is 5.10 Å². The Morgan fingerprint density at radius 1 is 1.21 bits per heavy atom. The summed E-state index contributed by atoms with van der Waals surface area (Å²) in [6.45, 7) is 2.63. The van der Waals surface area contributed by atoms with E-state index >= 15 is 0 Å². The van der Waals surface area contributed by atoms with E-state index in [1.807, 2.05) is 17.5 Å². The molecule has 0 bridgehead atoms. The number of aryl methyl sites for hydroxylation is 1. The number of ether oxygens (including phenoxy) is 1. The van der Waals surface area contributed by atoms with Crippen LogP contribution >= 0.6 is 11.3 Å². The summed E-state index contributed by atoms with van der Waals surface area (Å²) in [7, 11) is -2.87. The summed E-state index contributed by atoms with van der Waals surface area (Å²) < 4.78 is 33.0. The van der Waals surface area contributed by atoms with E-state index in [0.717, 1.165) is 15.2 Å². The Hall–Kier alpha value is -3.77. The minimum Gasteiger partial charge on any atom is -0.497 e. The van der Waals surface area contributed by atoms with E-state index in [9.17, 15) is 23.3 Å². The van der Waals surface area contributed by atoms with Gasteiger partial charge in [-0.1, -0.05) is 12.1 Å². The standard InChI is InChI=1S/C22H22N4O6S2/c1-15-6-11-19(13-20(15)26(28)29)34(30,31)25(17-7-9-18(32-3)10-8-17)14-22(27)24-23-16(2)21-5-4-12-33-21/h4-13H,14H2,1-3H3,(H,24,27). The molecule has 178 valence electrons. The fourth-order valence-electron chi connectivity index (χ4n) is 2.99. The zero-order valence-electron chi connectivity index (χ0n) is 18.6. The van der Waals surface area contributed by atoms with Crippen LogP contribution in [-0.4, -0.2) is 38.6 Å². The number of hydrazone groups is 1. The summed E-state index contributed by atoms with van der Waals surface area (Å²) in [4.78, 5) is 23.9. The minimum absolute atomic E-state index is 0.179. The van der Waals surface area contributed by atoms with Crippen LogP contribution in [-0.2, 0) is 14.8 Å². The molecule has 0 unspecified atom stereocenters. The molecule has 0 aliphatic rings. The van der Waals surface area contributed by atoms with Gasteiger partial charge in [-0.05, 0) is 55.6 Å². The highest BCUT2D eigenvalue weighted by atomic mass is 32.2. The van der Waals surface area contributed by atoms with Gasteiger partial charge in [-0.3, -0.25) is 19.2 Å². The molecule has 0 saturated carbocycles. The number of carbonyl (C=O) groups is 1. The number of hydrogen-bond donors (Lipinski definition) is 1. The number of carbonyl (C=O) groups excluding carboxylic acids is 1. The van der Waals surface area contributed by atoms with Crippen molar-refractivity contribution in [1.29, 1.82) is 0 Å². The lowest BCUT2D eigenvalue weighted by Crippen LogP contribution is -2.39. The van der Waals surface area contributed by atoms with Crippen LogP contribution in [0.4, 0.5) is 11.4 Å². The Balaban J connectivity index is 1.96. The van der Waals surface area contributed by atoms with Crippen LogP contribution in [0.3, 0.4) is 0 Å². The number of hydrogen-bond acceptors (Lipinski definition) is 8. The quantitative estimate of drug-likeness (QED) is 0.270. The third-order valence-electron chi connectivity index (χ3n) is 4.84. The molecule has 1 aromatic heterocycles. The predicted octanol–water partition coefficient (Wildman–Crippen LogP) is 3.71. The fraction of sp³-hybridized carbons (Fsp3) is 0.182. The van der Waals surface area contributed by atoms with Crippen LogP contribution in [0, 0.1) is 17.0 Å². The summed E-state index contributed by atoms with van der Waals surface area (Å²) in [5.74, 6) is -0.190. The van der Waals surface area contributed by atoms with Crippen molar-refractivity contribution >= 4 is 44.4 Å². The smallest absolute Gasteiger partial charge is 0.273 e. The summed E-state index contributed by atoms with van der Waals surface area (Å²) in [5, 5.41) is 17.3. The third-order valence-corrected chi connectivity index (χ3v) is 7.59. The summed E-state index contributed by atoms with van der Waals surface area (Å²) in [6.07, 6.45) is 0. The monoisotopic (exact) mass is 502 g/mol. The van der Waals surface area contributed by atoms with Gasteiger partial charge < -0.3 is 4.74 Å². The number of nitrogens with one attached hydrogen (secondary N) is 1. The fourth-order valence-corrected chi connectivity index (χ4v) is 5.11. The maximum absolute atomic E-state index is 13.5. The van der Waals surface area contributed by atoms with E-state index in [4.69, 9.17) is 4.74 Å². The van der Waals surface area contributed by atoms with Gasteiger partial charge in [0.15, 0.2) is 0 Å². The van der Waals surface area contributed by atoms with Crippen molar-refractivity contribution in [3.63, 3.8) is 0 Å². The lowest BCUT2D eigenvalue weighted by molar-refractivity contribution is -0.385. The van der Waals surface area contributed by atoms with E-state index in [0.29, 0.717) is 17.0 Å². The van der Waals surface area contributed by atoms with Crippen molar-refractivity contribution in [2.24, 2.45) is 5.10 Å². The molecule has 0 radical (unpaired) electrons. The highest BCUT2D eigenvalue weighted by Gasteiger charge is 2.29. The molecule has 0 aliphatic carbocycles. The predicted molar refractivity (Wildman–Crippen MR) is 130 cm³/mol. The SMILES string of the molecule is COc1ccc(N(CC(=O)NN=C(C)c2cccs2)S(=O)(=O)c2ccc(C)c([N+](=O)[O-])c2)cc1. The summed E-state index contributed by atoms with van der Waals surface area (Å²) in [6, 6.07) is 13.3. The van der Waals surface area contributed by atoms with Crippen molar-refractivity contribution in [3.8, 4) is 5.75 Å². The maximum atomic E-state index is 13.5. The van der Waals surface area contributed by atoms with Crippen LogP contribution < -0.4 is 14.5 Å². The van der Waals surface area contributed by atoms with Gasteiger partial charge in [0.2, 0.25) is 0 Å². The highest BCUT2D eigenvalue weighted by Crippen LogP contribution is 2.29. The van der Waals surface area contributed by atoms with E-state index in [-0.39, 0.29) is 16.3 Å². The van der Waals surface area contributed by atoms with E-state index in [2.05, 4.69) is 10.5 Å². The van der Waals surface area contributed by atoms with Crippen molar-refractivity contribution in [2.75, 3.05) is 18.0 Å². The first-order valence-corrected chi connectivity index (χ1v) is 12.2. The number of benzene rings is 2. The number of sulfonamides is 1. The Morgan fingerprint density at radius 2 is 1.91 bits per heavy atom. The first kappa shape index (κ1) is 24.9. The normalized spacial score (nSPS) is 11.7. The van der Waals surface area contributed by atoms with Gasteiger partial charge in [-0.25, -0.2) is 13.8 Å². The van der Waals surface area contributed by atoms with Gasteiger partial charge in [0.1, 0.15) is 12.3 Å². The zero-order valence-corrected chi connectivity index (χ0v) is 20.2. The van der Waals surface area contributed by atoms with Crippen LogP contribution in [0.5, 0.6) is 5.75 Å². The summed E-state index contributed by atoms with van der Waals surface area (Å²) in [5.41, 5.74) is 3.10. The van der Waals surface area contributed by atoms with Gasteiger partial charge in [0.05, 0.1) is 28.3 Å². The van der Waals surface area contributed by atoms with Crippen LogP contribution in [0.25, 0.3) is 0 Å².